The molecule has 40 heavy (non-hydrogen) atoms. The van der Waals surface area contributed by atoms with Gasteiger partial charge in [0.25, 0.3) is 5.22 Å². The molecule has 0 saturated heterocycles. The van der Waals surface area contributed by atoms with Crippen molar-refractivity contribution in [3.8, 4) is 0 Å². The summed E-state index contributed by atoms with van der Waals surface area (Å²) in [7, 11) is -2.31. The Labute approximate surface area is 245 Å². The molecule has 11 heteroatoms. The van der Waals surface area contributed by atoms with Crippen molar-refractivity contribution in [2.75, 3.05) is 6.26 Å². The number of hydrogen-bond donors (Lipinski definition) is 2. The van der Waals surface area contributed by atoms with E-state index in [4.69, 9.17) is 13.7 Å². The first kappa shape index (κ1) is 33.8. The first-order chi connectivity index (χ1) is 18.6. The highest BCUT2D eigenvalue weighted by Gasteiger charge is 2.43. The lowest BCUT2D eigenvalue weighted by Crippen LogP contribution is -2.53. The molecule has 2 aromatic rings. The monoisotopic (exact) mass is 592 g/mol. The van der Waals surface area contributed by atoms with E-state index in [2.05, 4.69) is 68.5 Å². The third-order valence-corrected chi connectivity index (χ3v) is 12.0. The molecule has 2 amide bonds. The molecule has 0 spiro atoms. The van der Waals surface area contributed by atoms with Gasteiger partial charge in [-0.15, -0.1) is 0 Å². The van der Waals surface area contributed by atoms with E-state index in [0.717, 1.165) is 5.56 Å². The number of ether oxygens (including phenoxy) is 1. The van der Waals surface area contributed by atoms with Crippen LogP contribution in [0.1, 0.15) is 78.8 Å². The fraction of sp³-hybridized carbons (Fsp3) is 0.655. The Balaban J connectivity index is 2.31. The Bertz CT molecular complexity index is 1070. The zero-order valence-corrected chi connectivity index (χ0v) is 27.6. The van der Waals surface area contributed by atoms with Crippen LogP contribution < -0.4 is 10.6 Å². The van der Waals surface area contributed by atoms with Gasteiger partial charge in [0.15, 0.2) is 8.32 Å². The van der Waals surface area contributed by atoms with Gasteiger partial charge in [-0.2, -0.15) is 4.98 Å². The van der Waals surface area contributed by atoms with Crippen molar-refractivity contribution < 1.29 is 23.3 Å². The van der Waals surface area contributed by atoms with Crippen LogP contribution in [-0.4, -0.2) is 48.8 Å². The highest BCUT2D eigenvalue weighted by atomic mass is 32.2. The second-order valence-corrected chi connectivity index (χ2v) is 18.1. The van der Waals surface area contributed by atoms with Crippen molar-refractivity contribution in [1.82, 2.24) is 20.8 Å². The number of amides is 2. The SMILES string of the molecule is CSc1nc(C(O[Si](C)(C)C(C)(C)C)[C@H](CC(C)C)NC(=O)[C@H](CC(C)C)NC(=O)OCc2ccccc2)no1. The molecule has 0 aliphatic heterocycles. The average molecular weight is 593 g/mol. The standard InChI is InChI=1S/C29H48N4O5SSi/c1-19(2)16-22(24(25-32-28(39-8)37-33-25)38-40(9,10)29(5,6)7)30-26(34)23(17-20(3)4)31-27(35)36-18-21-14-12-11-13-15-21/h11-15,19-20,22-24H,16-18H2,1-10H3,(H,30,34)(H,31,35)/t22-,23-,24?/m0/s1. The Morgan fingerprint density at radius 3 is 2.17 bits per heavy atom. The van der Waals surface area contributed by atoms with Gasteiger partial charge in [-0.05, 0) is 54.6 Å². The minimum Gasteiger partial charge on any atom is -0.445 e. The number of aromatic nitrogens is 2. The molecular weight excluding hydrogens is 544 g/mol. The Morgan fingerprint density at radius 1 is 1.02 bits per heavy atom. The number of rotatable bonds is 14. The smallest absolute Gasteiger partial charge is 0.408 e. The molecule has 224 valence electrons. The molecule has 3 atom stereocenters. The van der Waals surface area contributed by atoms with Gasteiger partial charge >= 0.3 is 6.09 Å². The van der Waals surface area contributed by atoms with Crippen LogP contribution in [0.5, 0.6) is 0 Å². The number of carbonyl (C=O) groups excluding carboxylic acids is 2. The highest BCUT2D eigenvalue weighted by Crippen LogP contribution is 2.41. The number of benzene rings is 1. The number of alkyl carbamates (subject to hydrolysis) is 1. The molecular formula is C29H48N4O5SSi. The van der Waals surface area contributed by atoms with Crippen LogP contribution in [0.4, 0.5) is 4.79 Å². The van der Waals surface area contributed by atoms with Crippen molar-refractivity contribution in [3.63, 3.8) is 0 Å². The molecule has 1 unspecified atom stereocenters. The average Bonchev–Trinajstić information content (AvgIpc) is 3.34. The van der Waals surface area contributed by atoms with Crippen molar-refractivity contribution in [2.45, 2.75) is 109 Å². The van der Waals surface area contributed by atoms with E-state index < -0.39 is 32.6 Å². The van der Waals surface area contributed by atoms with Gasteiger partial charge in [0.05, 0.1) is 6.04 Å². The van der Waals surface area contributed by atoms with Gasteiger partial charge < -0.3 is 24.3 Å². The van der Waals surface area contributed by atoms with Gasteiger partial charge in [0, 0.05) is 0 Å². The molecule has 2 N–H and O–H groups in total. The minimum absolute atomic E-state index is 0.0754. The van der Waals surface area contributed by atoms with Crippen LogP contribution in [0.2, 0.25) is 18.1 Å². The lowest BCUT2D eigenvalue weighted by atomic mass is 9.97. The van der Waals surface area contributed by atoms with E-state index in [1.54, 1.807) is 0 Å². The maximum atomic E-state index is 13.7. The van der Waals surface area contributed by atoms with E-state index in [0.29, 0.717) is 23.9 Å². The van der Waals surface area contributed by atoms with Gasteiger partial charge in [0.1, 0.15) is 18.8 Å². The van der Waals surface area contributed by atoms with Crippen LogP contribution in [0.25, 0.3) is 0 Å². The second-order valence-electron chi connectivity index (χ2n) is 12.6. The Morgan fingerprint density at radius 2 is 1.65 bits per heavy atom. The van der Waals surface area contributed by atoms with E-state index in [-0.39, 0.29) is 29.4 Å². The van der Waals surface area contributed by atoms with E-state index in [1.165, 1.54) is 11.8 Å². The van der Waals surface area contributed by atoms with Crippen LogP contribution in [0, 0.1) is 11.8 Å². The highest BCUT2D eigenvalue weighted by molar-refractivity contribution is 7.98. The fourth-order valence-electron chi connectivity index (χ4n) is 3.89. The quantitative estimate of drug-likeness (QED) is 0.183. The third kappa shape index (κ3) is 10.6. The zero-order valence-electron chi connectivity index (χ0n) is 25.7. The summed E-state index contributed by atoms with van der Waals surface area (Å²) in [6.07, 6.45) is 1.70. The Hall–Kier alpha value is -2.37. The largest absolute Gasteiger partial charge is 0.445 e. The number of hydrogen-bond acceptors (Lipinski definition) is 8. The van der Waals surface area contributed by atoms with Crippen molar-refractivity contribution >= 4 is 32.1 Å². The number of carbonyl (C=O) groups is 2. The van der Waals surface area contributed by atoms with Crippen LogP contribution in [-0.2, 0) is 20.6 Å². The topological polar surface area (TPSA) is 116 Å². The van der Waals surface area contributed by atoms with Gasteiger partial charge in [0.2, 0.25) is 11.7 Å². The van der Waals surface area contributed by atoms with Crippen LogP contribution in [0.15, 0.2) is 40.1 Å². The molecule has 2 rings (SSSR count). The molecule has 1 aromatic carbocycles. The minimum atomic E-state index is -2.31. The third-order valence-electron chi connectivity index (χ3n) is 7.03. The summed E-state index contributed by atoms with van der Waals surface area (Å²) >= 11 is 1.36. The molecule has 9 nitrogen and oxygen atoms in total. The van der Waals surface area contributed by atoms with E-state index >= 15 is 0 Å². The second kappa shape index (κ2) is 15.0. The molecule has 1 aromatic heterocycles. The maximum absolute atomic E-state index is 13.7. The van der Waals surface area contributed by atoms with Gasteiger partial charge in [-0.1, -0.05) is 95.7 Å². The molecule has 1 heterocycles. The number of nitrogens with one attached hydrogen (secondary N) is 2. The first-order valence-electron chi connectivity index (χ1n) is 14.0. The van der Waals surface area contributed by atoms with E-state index in [9.17, 15) is 9.59 Å². The predicted octanol–water partition coefficient (Wildman–Crippen LogP) is 6.73. The van der Waals surface area contributed by atoms with Gasteiger partial charge in [-0.25, -0.2) is 4.79 Å². The summed E-state index contributed by atoms with van der Waals surface area (Å²) in [4.78, 5) is 31.0. The molecule has 0 bridgehead atoms. The van der Waals surface area contributed by atoms with Crippen molar-refractivity contribution in [1.29, 1.82) is 0 Å². The molecule has 0 aliphatic carbocycles. The van der Waals surface area contributed by atoms with E-state index in [1.807, 2.05) is 50.4 Å². The summed E-state index contributed by atoms with van der Waals surface area (Å²) in [5.41, 5.74) is 0.870. The Kier molecular flexibility index (Phi) is 12.7. The summed E-state index contributed by atoms with van der Waals surface area (Å²) in [6.45, 7) is 19.2. The lowest BCUT2D eigenvalue weighted by Gasteiger charge is -2.41. The molecule has 0 fully saturated rings. The fourth-order valence-corrected chi connectivity index (χ4v) is 5.44. The predicted molar refractivity (Wildman–Crippen MR) is 161 cm³/mol. The lowest BCUT2D eigenvalue weighted by molar-refractivity contribution is -0.125. The normalized spacial score (nSPS) is 14.6. The van der Waals surface area contributed by atoms with Crippen molar-refractivity contribution in [2.24, 2.45) is 11.8 Å². The summed E-state index contributed by atoms with van der Waals surface area (Å²) in [5, 5.41) is 10.6. The summed E-state index contributed by atoms with van der Waals surface area (Å²) < 4.78 is 17.7. The maximum Gasteiger partial charge on any atom is 0.408 e. The molecule has 0 aliphatic rings. The molecule has 0 radical (unpaired) electrons. The molecule has 0 saturated carbocycles. The number of thioether (sulfide) groups is 1. The summed E-state index contributed by atoms with van der Waals surface area (Å²) in [6, 6.07) is 8.21. The summed E-state index contributed by atoms with van der Waals surface area (Å²) in [5.74, 6) is 0.522. The number of nitrogens with zero attached hydrogens (tertiary/aromatic N) is 2. The first-order valence-corrected chi connectivity index (χ1v) is 18.1. The van der Waals surface area contributed by atoms with Crippen LogP contribution in [0.3, 0.4) is 0 Å². The zero-order chi connectivity index (χ0) is 30.1. The van der Waals surface area contributed by atoms with Crippen LogP contribution >= 0.6 is 11.8 Å². The van der Waals surface area contributed by atoms with Crippen molar-refractivity contribution in [3.05, 3.63) is 41.7 Å². The van der Waals surface area contributed by atoms with Gasteiger partial charge in [-0.3, -0.25) is 4.79 Å².